The minimum Gasteiger partial charge on any atom is -0.516 e. The van der Waals surface area contributed by atoms with Crippen LogP contribution in [0.15, 0.2) is 25.0 Å². The number of esters is 1. The summed E-state index contributed by atoms with van der Waals surface area (Å²) in [5, 5.41) is 8.40. The van der Waals surface area contributed by atoms with Crippen LogP contribution in [-0.4, -0.2) is 17.7 Å². The van der Waals surface area contributed by atoms with E-state index in [9.17, 15) is 4.79 Å². The Morgan fingerprint density at radius 2 is 1.36 bits per heavy atom. The molecule has 0 heterocycles. The molecule has 0 aromatic carbocycles. The van der Waals surface area contributed by atoms with Crippen LogP contribution in [0, 0.1) is 0 Å². The Hall–Kier alpha value is -1.25. The number of allylic oxidation sites excluding steroid dienone is 1. The number of rotatable bonds is 16. The number of ether oxygens (including phenoxy) is 1. The summed E-state index contributed by atoms with van der Waals surface area (Å²) in [5.41, 5.74) is 0. The van der Waals surface area contributed by atoms with Crippen LogP contribution in [0.2, 0.25) is 0 Å². The van der Waals surface area contributed by atoms with Gasteiger partial charge in [-0.15, -0.1) is 6.58 Å². The van der Waals surface area contributed by atoms with Gasteiger partial charge in [-0.3, -0.25) is 4.79 Å². The Kier molecular flexibility index (Phi) is 16.8. The van der Waals surface area contributed by atoms with Crippen LogP contribution >= 0.6 is 0 Å². The molecular formula is C19H34O3. The van der Waals surface area contributed by atoms with Crippen LogP contribution in [0.4, 0.5) is 0 Å². The van der Waals surface area contributed by atoms with Gasteiger partial charge in [0.2, 0.25) is 0 Å². The van der Waals surface area contributed by atoms with Crippen molar-refractivity contribution in [2.75, 3.05) is 6.61 Å². The van der Waals surface area contributed by atoms with Gasteiger partial charge in [0, 0.05) is 6.42 Å². The third-order valence-electron chi connectivity index (χ3n) is 3.74. The zero-order valence-electron chi connectivity index (χ0n) is 14.1. The third kappa shape index (κ3) is 16.8. The number of aliphatic hydroxyl groups is 1. The first kappa shape index (κ1) is 20.8. The molecule has 0 bridgehead atoms. The highest BCUT2D eigenvalue weighted by Crippen LogP contribution is 2.12. The largest absolute Gasteiger partial charge is 0.516 e. The lowest BCUT2D eigenvalue weighted by atomic mass is 10.0. The van der Waals surface area contributed by atoms with E-state index in [1.165, 1.54) is 63.9 Å². The molecule has 0 aliphatic heterocycles. The Morgan fingerprint density at radius 3 is 1.86 bits per heavy atom. The molecule has 0 aliphatic carbocycles. The van der Waals surface area contributed by atoms with Gasteiger partial charge in [0.15, 0.2) is 0 Å². The molecule has 0 aliphatic rings. The second-order valence-corrected chi connectivity index (χ2v) is 5.78. The van der Waals surface area contributed by atoms with Crippen molar-refractivity contribution in [3.63, 3.8) is 0 Å². The Bertz CT molecular complexity index is 284. The minimum atomic E-state index is -0.172. The molecule has 0 unspecified atom stereocenters. The molecule has 1 N–H and O–H groups in total. The lowest BCUT2D eigenvalue weighted by Gasteiger charge is -2.03. The van der Waals surface area contributed by atoms with Gasteiger partial charge in [0.05, 0.1) is 6.26 Å². The summed E-state index contributed by atoms with van der Waals surface area (Å²) in [6, 6.07) is 0. The van der Waals surface area contributed by atoms with Crippen LogP contribution in [-0.2, 0) is 9.53 Å². The number of unbranched alkanes of at least 4 members (excludes halogenated alkanes) is 11. The van der Waals surface area contributed by atoms with Crippen molar-refractivity contribution < 1.29 is 14.6 Å². The molecule has 3 nitrogen and oxygen atoms in total. The van der Waals surface area contributed by atoms with Gasteiger partial charge in [0.1, 0.15) is 6.61 Å². The van der Waals surface area contributed by atoms with Crippen molar-refractivity contribution >= 4 is 5.97 Å². The normalized spacial score (nSPS) is 10.9. The molecule has 22 heavy (non-hydrogen) atoms. The van der Waals surface area contributed by atoms with E-state index in [0.29, 0.717) is 6.42 Å². The van der Waals surface area contributed by atoms with Gasteiger partial charge in [-0.25, -0.2) is 0 Å². The predicted octanol–water partition coefficient (Wildman–Crippen LogP) is 5.86. The summed E-state index contributed by atoms with van der Waals surface area (Å²) < 4.78 is 4.90. The van der Waals surface area contributed by atoms with Gasteiger partial charge in [0.25, 0.3) is 0 Å². The van der Waals surface area contributed by atoms with Gasteiger partial charge in [-0.05, 0) is 25.3 Å². The zero-order valence-corrected chi connectivity index (χ0v) is 14.1. The maximum Gasteiger partial charge on any atom is 0.306 e. The van der Waals surface area contributed by atoms with Crippen LogP contribution in [0.25, 0.3) is 0 Å². The first-order valence-corrected chi connectivity index (χ1v) is 8.87. The molecule has 0 spiro atoms. The Labute approximate surface area is 136 Å². The highest BCUT2D eigenvalue weighted by atomic mass is 16.5. The van der Waals surface area contributed by atoms with E-state index in [1.54, 1.807) is 0 Å². The van der Waals surface area contributed by atoms with Crippen LogP contribution in [0.1, 0.15) is 83.5 Å². The Morgan fingerprint density at radius 1 is 0.864 bits per heavy atom. The molecule has 0 saturated heterocycles. The van der Waals surface area contributed by atoms with E-state index in [2.05, 4.69) is 6.58 Å². The van der Waals surface area contributed by atoms with E-state index >= 15 is 0 Å². The first-order chi connectivity index (χ1) is 10.8. The quantitative estimate of drug-likeness (QED) is 0.168. The minimum absolute atomic E-state index is 0.170. The monoisotopic (exact) mass is 310 g/mol. The summed E-state index contributed by atoms with van der Waals surface area (Å²) in [7, 11) is 0. The summed E-state index contributed by atoms with van der Waals surface area (Å²) >= 11 is 0. The van der Waals surface area contributed by atoms with Gasteiger partial charge < -0.3 is 9.84 Å². The number of hydrogen-bond acceptors (Lipinski definition) is 3. The van der Waals surface area contributed by atoms with Crippen LogP contribution in [0.3, 0.4) is 0 Å². The molecular weight excluding hydrogens is 276 g/mol. The molecule has 0 atom stereocenters. The maximum atomic E-state index is 11.3. The van der Waals surface area contributed by atoms with E-state index in [4.69, 9.17) is 9.84 Å². The van der Waals surface area contributed by atoms with Crippen molar-refractivity contribution in [2.45, 2.75) is 83.5 Å². The average Bonchev–Trinajstić information content (AvgIpc) is 2.52. The highest BCUT2D eigenvalue weighted by molar-refractivity contribution is 5.69. The number of aliphatic hydroxyl groups excluding tert-OH is 1. The average molecular weight is 310 g/mol. The van der Waals surface area contributed by atoms with Crippen LogP contribution < -0.4 is 0 Å². The molecule has 128 valence electrons. The molecule has 0 saturated carbocycles. The summed E-state index contributed by atoms with van der Waals surface area (Å²) in [6.07, 6.45) is 19.9. The first-order valence-electron chi connectivity index (χ1n) is 8.87. The van der Waals surface area contributed by atoms with Crippen LogP contribution in [0.5, 0.6) is 0 Å². The maximum absolute atomic E-state index is 11.3. The smallest absolute Gasteiger partial charge is 0.306 e. The number of carbonyl (C=O) groups is 1. The molecule has 0 radical (unpaired) electrons. The SMILES string of the molecule is C=CCCCCCCCCCCCCCC(=O)OCC=CO. The highest BCUT2D eigenvalue weighted by Gasteiger charge is 2.01. The second-order valence-electron chi connectivity index (χ2n) is 5.78. The molecule has 0 rings (SSSR count). The zero-order chi connectivity index (χ0) is 16.3. The fourth-order valence-corrected chi connectivity index (χ4v) is 2.41. The van der Waals surface area contributed by atoms with Crippen molar-refractivity contribution in [1.82, 2.24) is 0 Å². The van der Waals surface area contributed by atoms with Crippen molar-refractivity contribution in [3.8, 4) is 0 Å². The summed E-state index contributed by atoms with van der Waals surface area (Å²) in [5.74, 6) is -0.172. The van der Waals surface area contributed by atoms with E-state index in [-0.39, 0.29) is 12.6 Å². The van der Waals surface area contributed by atoms with Crippen molar-refractivity contribution in [2.24, 2.45) is 0 Å². The number of carbonyl (C=O) groups excluding carboxylic acids is 1. The standard InChI is InChI=1S/C19H34O3/c1-2-3-4-5-6-7-8-9-10-11-12-13-14-16-19(21)22-18-15-17-20/h2,15,17,20H,1,3-14,16,18H2. The van der Waals surface area contributed by atoms with E-state index in [1.807, 2.05) is 6.08 Å². The van der Waals surface area contributed by atoms with Gasteiger partial charge in [-0.2, -0.15) is 0 Å². The molecule has 0 aromatic rings. The summed E-state index contributed by atoms with van der Waals surface area (Å²) in [4.78, 5) is 11.3. The lowest BCUT2D eigenvalue weighted by Crippen LogP contribution is -2.03. The number of hydrogen-bond donors (Lipinski definition) is 1. The fourth-order valence-electron chi connectivity index (χ4n) is 2.41. The van der Waals surface area contributed by atoms with E-state index < -0.39 is 0 Å². The van der Waals surface area contributed by atoms with Crippen molar-refractivity contribution in [1.29, 1.82) is 0 Å². The van der Waals surface area contributed by atoms with Gasteiger partial charge >= 0.3 is 5.97 Å². The van der Waals surface area contributed by atoms with Gasteiger partial charge in [-0.1, -0.05) is 63.9 Å². The Balaban J connectivity index is 3.10. The predicted molar refractivity (Wildman–Crippen MR) is 92.9 cm³/mol. The topological polar surface area (TPSA) is 46.5 Å². The second kappa shape index (κ2) is 17.8. The molecule has 0 amide bonds. The fraction of sp³-hybridized carbons (Fsp3) is 0.737. The lowest BCUT2D eigenvalue weighted by molar-refractivity contribution is -0.142. The third-order valence-corrected chi connectivity index (χ3v) is 3.74. The van der Waals surface area contributed by atoms with E-state index in [0.717, 1.165) is 25.5 Å². The molecule has 0 fully saturated rings. The molecule has 3 heteroatoms. The molecule has 0 aromatic heterocycles. The van der Waals surface area contributed by atoms with Crippen molar-refractivity contribution in [3.05, 3.63) is 25.0 Å². The summed E-state index contributed by atoms with van der Waals surface area (Å²) in [6.45, 7) is 3.91.